The summed E-state index contributed by atoms with van der Waals surface area (Å²) in [6, 6.07) is 2.40. The second-order valence-corrected chi connectivity index (χ2v) is 5.54. The van der Waals surface area contributed by atoms with Gasteiger partial charge in [-0.25, -0.2) is 9.97 Å². The minimum absolute atomic E-state index is 0.396. The second-order valence-electron chi connectivity index (χ2n) is 5.54. The molecule has 0 aliphatic heterocycles. The van der Waals surface area contributed by atoms with Gasteiger partial charge in [-0.05, 0) is 18.8 Å². The minimum Gasteiger partial charge on any atom is -0.384 e. The van der Waals surface area contributed by atoms with Crippen LogP contribution in [0.2, 0.25) is 0 Å². The molecule has 0 aromatic carbocycles. The van der Waals surface area contributed by atoms with Gasteiger partial charge >= 0.3 is 0 Å². The summed E-state index contributed by atoms with van der Waals surface area (Å²) >= 11 is 0. The van der Waals surface area contributed by atoms with Gasteiger partial charge in [0.2, 0.25) is 0 Å². The van der Waals surface area contributed by atoms with Crippen molar-refractivity contribution in [1.82, 2.24) is 9.97 Å². The molecule has 0 saturated heterocycles. The fourth-order valence-corrected chi connectivity index (χ4v) is 2.82. The number of rotatable bonds is 4. The van der Waals surface area contributed by atoms with E-state index in [9.17, 15) is 0 Å². The van der Waals surface area contributed by atoms with E-state index in [0.717, 1.165) is 11.7 Å². The van der Waals surface area contributed by atoms with Crippen LogP contribution in [0.25, 0.3) is 0 Å². The molecule has 1 aromatic rings. The van der Waals surface area contributed by atoms with Crippen molar-refractivity contribution < 1.29 is 4.74 Å². The molecule has 2 unspecified atom stereocenters. The van der Waals surface area contributed by atoms with Crippen LogP contribution in [0.1, 0.15) is 38.4 Å². The number of nitrogens with two attached hydrogens (primary N) is 1. The number of methoxy groups -OCH3 is 1. The van der Waals surface area contributed by atoms with E-state index in [0.29, 0.717) is 24.3 Å². The highest BCUT2D eigenvalue weighted by Crippen LogP contribution is 2.29. The molecular weight excluding hydrogens is 240 g/mol. The van der Waals surface area contributed by atoms with Gasteiger partial charge < -0.3 is 15.4 Å². The molecule has 19 heavy (non-hydrogen) atoms. The SMILES string of the molecule is COCc1nc(N)cc(N(C)C2CCCC(C)C2)n1. The number of nitrogen functional groups attached to an aromatic ring is 1. The molecule has 1 aliphatic carbocycles. The lowest BCUT2D eigenvalue weighted by Crippen LogP contribution is -2.36. The first-order valence-corrected chi connectivity index (χ1v) is 6.95. The molecule has 1 aliphatic rings. The smallest absolute Gasteiger partial charge is 0.158 e. The Kier molecular flexibility index (Phi) is 4.58. The van der Waals surface area contributed by atoms with E-state index in [-0.39, 0.29) is 0 Å². The Morgan fingerprint density at radius 1 is 1.42 bits per heavy atom. The van der Waals surface area contributed by atoms with Crippen LogP contribution >= 0.6 is 0 Å². The van der Waals surface area contributed by atoms with Crippen molar-refractivity contribution in [3.8, 4) is 0 Å². The monoisotopic (exact) mass is 264 g/mol. The summed E-state index contributed by atoms with van der Waals surface area (Å²) in [5.41, 5.74) is 5.85. The van der Waals surface area contributed by atoms with Crippen molar-refractivity contribution in [3.63, 3.8) is 0 Å². The van der Waals surface area contributed by atoms with Crippen LogP contribution in [0.3, 0.4) is 0 Å². The van der Waals surface area contributed by atoms with Crippen molar-refractivity contribution in [3.05, 3.63) is 11.9 Å². The van der Waals surface area contributed by atoms with E-state index in [1.54, 1.807) is 7.11 Å². The molecule has 2 N–H and O–H groups in total. The van der Waals surface area contributed by atoms with Gasteiger partial charge in [-0.2, -0.15) is 0 Å². The molecule has 0 spiro atoms. The van der Waals surface area contributed by atoms with Crippen molar-refractivity contribution in [2.24, 2.45) is 5.92 Å². The van der Waals surface area contributed by atoms with Crippen molar-refractivity contribution in [2.45, 2.75) is 45.3 Å². The van der Waals surface area contributed by atoms with Crippen LogP contribution in [0.15, 0.2) is 6.07 Å². The maximum atomic E-state index is 5.85. The molecule has 0 bridgehead atoms. The average molecular weight is 264 g/mol. The summed E-state index contributed by atoms with van der Waals surface area (Å²) < 4.78 is 5.08. The quantitative estimate of drug-likeness (QED) is 0.903. The lowest BCUT2D eigenvalue weighted by atomic mass is 9.86. The average Bonchev–Trinajstić information content (AvgIpc) is 2.37. The predicted octanol–water partition coefficient (Wildman–Crippen LogP) is 2.22. The Morgan fingerprint density at radius 3 is 2.89 bits per heavy atom. The lowest BCUT2D eigenvalue weighted by Gasteiger charge is -2.35. The zero-order chi connectivity index (χ0) is 13.8. The summed E-state index contributed by atoms with van der Waals surface area (Å²) in [6.07, 6.45) is 5.08. The van der Waals surface area contributed by atoms with Crippen LogP contribution in [0, 0.1) is 5.92 Å². The molecule has 5 nitrogen and oxygen atoms in total. The van der Waals surface area contributed by atoms with Gasteiger partial charge in [-0.15, -0.1) is 0 Å². The van der Waals surface area contributed by atoms with E-state index in [1.807, 2.05) is 6.07 Å². The van der Waals surface area contributed by atoms with Crippen LogP contribution < -0.4 is 10.6 Å². The van der Waals surface area contributed by atoms with E-state index in [1.165, 1.54) is 25.7 Å². The molecule has 5 heteroatoms. The normalized spacial score (nSPS) is 23.3. The Labute approximate surface area is 115 Å². The van der Waals surface area contributed by atoms with Gasteiger partial charge in [-0.3, -0.25) is 0 Å². The van der Waals surface area contributed by atoms with Crippen LogP contribution in [-0.4, -0.2) is 30.2 Å². The van der Waals surface area contributed by atoms with Gasteiger partial charge in [0, 0.05) is 26.3 Å². The van der Waals surface area contributed by atoms with Gasteiger partial charge in [0.25, 0.3) is 0 Å². The molecule has 1 aromatic heterocycles. The molecule has 106 valence electrons. The van der Waals surface area contributed by atoms with Crippen LogP contribution in [0.4, 0.5) is 11.6 Å². The Balaban J connectivity index is 2.15. The number of ether oxygens (including phenoxy) is 1. The van der Waals surface area contributed by atoms with Crippen LogP contribution in [-0.2, 0) is 11.3 Å². The summed E-state index contributed by atoms with van der Waals surface area (Å²) in [7, 11) is 3.74. The third-order valence-electron chi connectivity index (χ3n) is 3.87. The van der Waals surface area contributed by atoms with Crippen molar-refractivity contribution in [2.75, 3.05) is 24.8 Å². The first kappa shape index (κ1) is 14.1. The largest absolute Gasteiger partial charge is 0.384 e. The van der Waals surface area contributed by atoms with Gasteiger partial charge in [0.05, 0.1) is 0 Å². The topological polar surface area (TPSA) is 64.3 Å². The van der Waals surface area contributed by atoms with E-state index in [4.69, 9.17) is 10.5 Å². The highest BCUT2D eigenvalue weighted by atomic mass is 16.5. The fourth-order valence-electron chi connectivity index (χ4n) is 2.82. The zero-order valence-electron chi connectivity index (χ0n) is 12.1. The first-order valence-electron chi connectivity index (χ1n) is 6.95. The number of anilines is 2. The van der Waals surface area contributed by atoms with Crippen molar-refractivity contribution in [1.29, 1.82) is 0 Å². The first-order chi connectivity index (χ1) is 9.10. The highest BCUT2D eigenvalue weighted by Gasteiger charge is 2.23. The molecular formula is C14H24N4O. The third kappa shape index (κ3) is 3.56. The minimum atomic E-state index is 0.396. The van der Waals surface area contributed by atoms with Gasteiger partial charge in [0.15, 0.2) is 5.82 Å². The standard InChI is InChI=1S/C14H24N4O/c1-10-5-4-6-11(7-10)18(2)14-8-12(15)16-13(17-14)9-19-3/h8,10-11H,4-7,9H2,1-3H3,(H2,15,16,17). The summed E-state index contributed by atoms with van der Waals surface area (Å²) in [5.74, 6) is 2.85. The summed E-state index contributed by atoms with van der Waals surface area (Å²) in [6.45, 7) is 2.72. The number of aromatic nitrogens is 2. The maximum absolute atomic E-state index is 5.85. The molecule has 2 atom stereocenters. The number of hydrogen-bond donors (Lipinski definition) is 1. The zero-order valence-corrected chi connectivity index (χ0v) is 12.1. The molecule has 0 amide bonds. The summed E-state index contributed by atoms with van der Waals surface area (Å²) in [4.78, 5) is 11.0. The molecule has 2 rings (SSSR count). The fraction of sp³-hybridized carbons (Fsp3) is 0.714. The second kappa shape index (κ2) is 6.19. The van der Waals surface area contributed by atoms with Gasteiger partial charge in [-0.1, -0.05) is 19.8 Å². The number of hydrogen-bond acceptors (Lipinski definition) is 5. The van der Waals surface area contributed by atoms with E-state index in [2.05, 4.69) is 28.8 Å². The Bertz CT molecular complexity index is 424. The predicted molar refractivity (Wildman–Crippen MR) is 77.0 cm³/mol. The molecule has 1 heterocycles. The van der Waals surface area contributed by atoms with Crippen LogP contribution in [0.5, 0.6) is 0 Å². The van der Waals surface area contributed by atoms with Gasteiger partial charge in [0.1, 0.15) is 18.2 Å². The highest BCUT2D eigenvalue weighted by molar-refractivity contribution is 5.47. The Hall–Kier alpha value is -1.36. The summed E-state index contributed by atoms with van der Waals surface area (Å²) in [5, 5.41) is 0. The van der Waals surface area contributed by atoms with Crippen molar-refractivity contribution >= 4 is 11.6 Å². The third-order valence-corrected chi connectivity index (χ3v) is 3.87. The lowest BCUT2D eigenvalue weighted by molar-refractivity contribution is 0.178. The molecule has 1 fully saturated rings. The number of nitrogens with zero attached hydrogens (tertiary/aromatic N) is 3. The van der Waals surface area contributed by atoms with E-state index < -0.39 is 0 Å². The molecule has 0 radical (unpaired) electrons. The maximum Gasteiger partial charge on any atom is 0.158 e. The Morgan fingerprint density at radius 2 is 2.21 bits per heavy atom. The van der Waals surface area contributed by atoms with E-state index >= 15 is 0 Å². The molecule has 1 saturated carbocycles.